The van der Waals surface area contributed by atoms with Gasteiger partial charge < -0.3 is 0 Å². The molecule has 0 bridgehead atoms. The fourth-order valence-electron chi connectivity index (χ4n) is 1.63. The average Bonchev–Trinajstić information content (AvgIpc) is 1.83. The zero-order valence-corrected chi connectivity index (χ0v) is 9.55. The lowest BCUT2D eigenvalue weighted by atomic mass is 9.92. The van der Waals surface area contributed by atoms with Gasteiger partial charge in [0.05, 0.1) is 0 Å². The van der Waals surface area contributed by atoms with E-state index in [1.165, 1.54) is 0 Å². The summed E-state index contributed by atoms with van der Waals surface area (Å²) in [7, 11) is -2.46. The van der Waals surface area contributed by atoms with Crippen molar-refractivity contribution in [2.45, 2.75) is 27.7 Å². The van der Waals surface area contributed by atoms with Crippen molar-refractivity contribution in [3.05, 3.63) is 0 Å². The quantitative estimate of drug-likeness (QED) is 0.596. The van der Waals surface area contributed by atoms with Crippen LogP contribution in [0.5, 0.6) is 0 Å². The second kappa shape index (κ2) is 2.75. The minimum absolute atomic E-state index is 0.271. The van der Waals surface area contributed by atoms with Crippen molar-refractivity contribution < 1.29 is 4.21 Å². The van der Waals surface area contributed by atoms with Crippen LogP contribution in [0, 0.1) is 27.5 Å². The molecule has 0 aliphatic carbocycles. The van der Waals surface area contributed by atoms with E-state index in [0.717, 1.165) is 0 Å². The lowest BCUT2D eigenvalue weighted by Gasteiger charge is -2.19. The Kier molecular flexibility index (Phi) is 2.24. The van der Waals surface area contributed by atoms with E-state index in [1.54, 1.807) is 0 Å². The highest BCUT2D eigenvalue weighted by Gasteiger charge is 2.30. The Balaban J connectivity index is 3.15. The van der Waals surface area contributed by atoms with E-state index in [2.05, 4.69) is 11.8 Å². The van der Waals surface area contributed by atoms with Crippen molar-refractivity contribution >= 4 is 9.73 Å². The van der Waals surface area contributed by atoms with Crippen LogP contribution in [0.1, 0.15) is 27.7 Å². The molecule has 0 saturated heterocycles. The normalized spacial score (nSPS) is 28.3. The van der Waals surface area contributed by atoms with Crippen LogP contribution in [0.2, 0.25) is 0 Å². The van der Waals surface area contributed by atoms with Crippen LogP contribution in [-0.2, 0) is 9.73 Å². The van der Waals surface area contributed by atoms with Crippen molar-refractivity contribution in [3.8, 4) is 11.8 Å². The van der Waals surface area contributed by atoms with Gasteiger partial charge in [0.25, 0.3) is 0 Å². The molecule has 0 amide bonds. The molecule has 0 saturated carbocycles. The van der Waals surface area contributed by atoms with Crippen LogP contribution in [-0.4, -0.2) is 15.7 Å². The highest BCUT2D eigenvalue weighted by molar-refractivity contribution is 7.92. The van der Waals surface area contributed by atoms with Gasteiger partial charge in [0.15, 0.2) is 0 Å². The topological polar surface area (TPSA) is 40.9 Å². The Morgan fingerprint density at radius 3 is 1.69 bits per heavy atom. The van der Waals surface area contributed by atoms with Crippen LogP contribution < -0.4 is 0 Å². The first-order valence-electron chi connectivity index (χ1n) is 4.41. The molecule has 74 valence electrons. The molecular weight excluding hydrogens is 182 g/mol. The van der Waals surface area contributed by atoms with Crippen LogP contribution in [0.3, 0.4) is 0 Å². The van der Waals surface area contributed by atoms with Gasteiger partial charge in [-0.15, -0.1) is 0 Å². The van der Waals surface area contributed by atoms with Gasteiger partial charge in [0, 0.05) is 32.1 Å². The predicted octanol–water partition coefficient (Wildman–Crippen LogP) is 2.10. The summed E-state index contributed by atoms with van der Waals surface area (Å²) in [6.07, 6.45) is 0. The summed E-state index contributed by atoms with van der Waals surface area (Å²) in [6, 6.07) is 0. The van der Waals surface area contributed by atoms with Crippen LogP contribution >= 0.6 is 0 Å². The minimum atomic E-state index is -2.46. The van der Waals surface area contributed by atoms with Crippen molar-refractivity contribution in [2.75, 3.05) is 11.5 Å². The third-order valence-electron chi connectivity index (χ3n) is 1.93. The molecule has 0 radical (unpaired) electrons. The predicted molar refractivity (Wildman–Crippen MR) is 55.9 cm³/mol. The SMILES string of the molecule is CC1(C)C#CC(C)(C)CS(=N)(=O)C1. The monoisotopic (exact) mass is 199 g/mol. The zero-order valence-electron chi connectivity index (χ0n) is 8.73. The van der Waals surface area contributed by atoms with Gasteiger partial charge in [0.1, 0.15) is 0 Å². The molecule has 0 aromatic carbocycles. The van der Waals surface area contributed by atoms with Gasteiger partial charge in [-0.05, 0) is 27.7 Å². The zero-order chi connectivity index (χ0) is 10.3. The molecule has 1 aliphatic rings. The standard InChI is InChI=1S/C10H17NOS/c1-9(2)5-6-10(3,4)8-13(11,12)7-9/h11H,7-8H2,1-4H3. The summed E-state index contributed by atoms with van der Waals surface area (Å²) in [5.41, 5.74) is -0.542. The van der Waals surface area contributed by atoms with Gasteiger partial charge in [-0.3, -0.25) is 4.78 Å². The van der Waals surface area contributed by atoms with E-state index in [9.17, 15) is 4.21 Å². The molecular formula is C10H17NOS. The van der Waals surface area contributed by atoms with Crippen LogP contribution in [0.25, 0.3) is 0 Å². The second-order valence-electron chi connectivity index (χ2n) is 5.12. The van der Waals surface area contributed by atoms with Gasteiger partial charge in [-0.2, -0.15) is 0 Å². The summed E-state index contributed by atoms with van der Waals surface area (Å²) in [6.45, 7) is 7.82. The fourth-order valence-corrected chi connectivity index (χ4v) is 4.21. The van der Waals surface area contributed by atoms with E-state index in [0.29, 0.717) is 11.5 Å². The Morgan fingerprint density at radius 1 is 1.08 bits per heavy atom. The maximum absolute atomic E-state index is 11.8. The molecule has 2 nitrogen and oxygen atoms in total. The average molecular weight is 199 g/mol. The molecule has 3 heteroatoms. The number of rotatable bonds is 0. The van der Waals surface area contributed by atoms with Crippen LogP contribution in [0.4, 0.5) is 0 Å². The summed E-state index contributed by atoms with van der Waals surface area (Å²) < 4.78 is 19.6. The van der Waals surface area contributed by atoms with Crippen molar-refractivity contribution in [3.63, 3.8) is 0 Å². The molecule has 13 heavy (non-hydrogen) atoms. The van der Waals surface area contributed by atoms with Gasteiger partial charge in [-0.1, -0.05) is 11.8 Å². The number of hydrogen-bond donors (Lipinski definition) is 1. The van der Waals surface area contributed by atoms with Crippen molar-refractivity contribution in [2.24, 2.45) is 10.8 Å². The van der Waals surface area contributed by atoms with Gasteiger partial charge in [-0.25, -0.2) is 4.21 Å². The maximum Gasteiger partial charge on any atom is 0.0477 e. The highest BCUT2D eigenvalue weighted by Crippen LogP contribution is 2.27. The first kappa shape index (κ1) is 10.6. The van der Waals surface area contributed by atoms with Gasteiger partial charge >= 0.3 is 0 Å². The first-order valence-corrected chi connectivity index (χ1v) is 6.30. The lowest BCUT2D eigenvalue weighted by Crippen LogP contribution is -2.26. The van der Waals surface area contributed by atoms with Crippen LogP contribution in [0.15, 0.2) is 0 Å². The molecule has 0 spiro atoms. The Labute approximate surface area is 81.1 Å². The van der Waals surface area contributed by atoms with E-state index >= 15 is 0 Å². The fraction of sp³-hybridized carbons (Fsp3) is 0.800. The molecule has 1 N–H and O–H groups in total. The molecule has 1 heterocycles. The molecule has 0 fully saturated rings. The molecule has 0 unspecified atom stereocenters. The lowest BCUT2D eigenvalue weighted by molar-refractivity contribution is 0.562. The van der Waals surface area contributed by atoms with E-state index in [4.69, 9.17) is 4.78 Å². The molecule has 1 aliphatic heterocycles. The summed E-state index contributed by atoms with van der Waals surface area (Å²) in [5.74, 6) is 7.03. The number of hydrogen-bond acceptors (Lipinski definition) is 2. The Morgan fingerprint density at radius 2 is 1.38 bits per heavy atom. The third-order valence-corrected chi connectivity index (χ3v) is 4.30. The third kappa shape index (κ3) is 3.04. The minimum Gasteiger partial charge on any atom is -0.253 e. The Hall–Kier alpha value is -0.490. The largest absolute Gasteiger partial charge is 0.253 e. The first-order chi connectivity index (χ1) is 5.62. The summed E-state index contributed by atoms with van der Waals surface area (Å²) >= 11 is 0. The molecule has 0 atom stereocenters. The van der Waals surface area contributed by atoms with E-state index < -0.39 is 9.73 Å². The van der Waals surface area contributed by atoms with E-state index in [1.807, 2.05) is 27.7 Å². The van der Waals surface area contributed by atoms with Crippen molar-refractivity contribution in [1.29, 1.82) is 4.78 Å². The maximum atomic E-state index is 11.8. The number of nitrogens with one attached hydrogen (secondary N) is 1. The summed E-state index contributed by atoms with van der Waals surface area (Å²) in [4.78, 5) is 0. The smallest absolute Gasteiger partial charge is 0.0477 e. The van der Waals surface area contributed by atoms with Crippen molar-refractivity contribution in [1.82, 2.24) is 0 Å². The highest BCUT2D eigenvalue weighted by atomic mass is 32.2. The molecule has 0 aromatic rings. The Bertz CT molecular complexity index is 337. The second-order valence-corrected chi connectivity index (χ2v) is 7.32. The summed E-state index contributed by atoms with van der Waals surface area (Å²) in [5, 5.41) is 0. The molecule has 1 rings (SSSR count). The van der Waals surface area contributed by atoms with Gasteiger partial charge in [0.2, 0.25) is 0 Å². The van der Waals surface area contributed by atoms with E-state index in [-0.39, 0.29) is 10.8 Å². The molecule has 0 aromatic heterocycles.